The smallest absolute Gasteiger partial charge is 0.0702 e. The first kappa shape index (κ1) is 28.9. The molecule has 1 aliphatic carbocycles. The van der Waals surface area contributed by atoms with Crippen LogP contribution in [0.5, 0.6) is 0 Å². The third-order valence-electron chi connectivity index (χ3n) is 11.0. The van der Waals surface area contributed by atoms with Gasteiger partial charge in [0.2, 0.25) is 0 Å². The highest BCUT2D eigenvalue weighted by atomic mass is 15.0. The van der Waals surface area contributed by atoms with Crippen LogP contribution in [-0.2, 0) is 5.41 Å². The molecule has 2 aliphatic heterocycles. The molecule has 3 nitrogen and oxygen atoms in total. The molecule has 3 heterocycles. The fourth-order valence-electron chi connectivity index (χ4n) is 8.81. The number of para-hydroxylation sites is 1. The van der Waals surface area contributed by atoms with Gasteiger partial charge in [0.1, 0.15) is 0 Å². The van der Waals surface area contributed by atoms with Gasteiger partial charge in [0.25, 0.3) is 0 Å². The number of nitrogens with one attached hydrogen (secondary N) is 2. The number of nitrogens with zero attached hydrogens (tertiary/aromatic N) is 1. The van der Waals surface area contributed by atoms with Crippen LogP contribution in [0, 0.1) is 0 Å². The van der Waals surface area contributed by atoms with Crippen molar-refractivity contribution in [3.63, 3.8) is 0 Å². The first-order valence-electron chi connectivity index (χ1n) is 17.6. The number of rotatable bonds is 4. The van der Waals surface area contributed by atoms with Gasteiger partial charge in [-0.3, -0.25) is 0 Å². The van der Waals surface area contributed by atoms with E-state index in [9.17, 15) is 0 Å². The fourth-order valence-corrected chi connectivity index (χ4v) is 8.81. The maximum absolute atomic E-state index is 3.89. The summed E-state index contributed by atoms with van der Waals surface area (Å²) < 4.78 is 2.53. The Balaban J connectivity index is 1.19. The van der Waals surface area contributed by atoms with Crippen molar-refractivity contribution in [3.8, 4) is 5.69 Å². The molecule has 3 aliphatic rings. The normalized spacial score (nSPS) is 17.0. The maximum Gasteiger partial charge on any atom is 0.0702 e. The Kier molecular flexibility index (Phi) is 6.35. The molecule has 1 aromatic heterocycles. The molecule has 10 rings (SSSR count). The van der Waals surface area contributed by atoms with Crippen molar-refractivity contribution in [1.82, 2.24) is 4.57 Å². The third kappa shape index (κ3) is 4.23. The Morgan fingerprint density at radius 3 is 2.22 bits per heavy atom. The molecule has 0 saturated heterocycles. The molecular weight excluding hydrogens is 607 g/mol. The summed E-state index contributed by atoms with van der Waals surface area (Å²) >= 11 is 0. The second-order valence-corrected chi connectivity index (χ2v) is 14.2. The van der Waals surface area contributed by atoms with Gasteiger partial charge < -0.3 is 15.2 Å². The van der Waals surface area contributed by atoms with Crippen LogP contribution in [0.3, 0.4) is 0 Å². The van der Waals surface area contributed by atoms with Crippen LogP contribution >= 0.6 is 0 Å². The van der Waals surface area contributed by atoms with Crippen LogP contribution in [0.4, 0.5) is 11.4 Å². The zero-order valence-electron chi connectivity index (χ0n) is 28.2. The summed E-state index contributed by atoms with van der Waals surface area (Å²) in [6, 6.07) is 49.2. The van der Waals surface area contributed by atoms with E-state index in [4.69, 9.17) is 0 Å². The SMILES string of the molecule is CC1(C)C(c2ccccc2)=C(c2ccccc2)c2ccc3c4ccccc4n(-c4cccc(C5C=Cc6ccc7c(c6N5)NCC=C7)c4)c3c21. The molecule has 0 bridgehead atoms. The molecule has 2 N–H and O–H groups in total. The van der Waals surface area contributed by atoms with Crippen molar-refractivity contribution >= 4 is 56.5 Å². The second kappa shape index (κ2) is 11.0. The van der Waals surface area contributed by atoms with Crippen LogP contribution in [-0.4, -0.2) is 11.1 Å². The lowest BCUT2D eigenvalue weighted by atomic mass is 9.77. The van der Waals surface area contributed by atoms with Gasteiger partial charge in [-0.2, -0.15) is 0 Å². The molecule has 6 aromatic carbocycles. The van der Waals surface area contributed by atoms with Crippen LogP contribution in [0.1, 0.15) is 58.8 Å². The molecule has 1 unspecified atom stereocenters. The minimum atomic E-state index is -0.261. The summed E-state index contributed by atoms with van der Waals surface area (Å²) in [7, 11) is 0. The van der Waals surface area contributed by atoms with Crippen molar-refractivity contribution in [2.75, 3.05) is 17.2 Å². The number of hydrogen-bond donors (Lipinski definition) is 2. The van der Waals surface area contributed by atoms with Gasteiger partial charge in [0.05, 0.1) is 28.5 Å². The van der Waals surface area contributed by atoms with E-state index in [1.54, 1.807) is 0 Å². The van der Waals surface area contributed by atoms with E-state index in [0.717, 1.165) is 6.54 Å². The first-order chi connectivity index (χ1) is 24.6. The quantitative estimate of drug-likeness (QED) is 0.200. The summed E-state index contributed by atoms with van der Waals surface area (Å²) in [4.78, 5) is 0. The second-order valence-electron chi connectivity index (χ2n) is 14.2. The average molecular weight is 644 g/mol. The fraction of sp³-hybridized carbons (Fsp3) is 0.106. The lowest BCUT2D eigenvalue weighted by Gasteiger charge is -2.28. The molecule has 240 valence electrons. The highest BCUT2D eigenvalue weighted by Gasteiger charge is 2.41. The number of hydrogen-bond acceptors (Lipinski definition) is 2. The van der Waals surface area contributed by atoms with E-state index in [2.05, 4.69) is 187 Å². The molecule has 0 fully saturated rings. The topological polar surface area (TPSA) is 29.0 Å². The van der Waals surface area contributed by atoms with E-state index in [1.165, 1.54) is 89.0 Å². The molecular formula is C47H37N3. The zero-order chi connectivity index (χ0) is 33.4. The monoisotopic (exact) mass is 643 g/mol. The molecule has 50 heavy (non-hydrogen) atoms. The van der Waals surface area contributed by atoms with Crippen LogP contribution in [0.15, 0.2) is 146 Å². The van der Waals surface area contributed by atoms with Gasteiger partial charge in [0.15, 0.2) is 0 Å². The van der Waals surface area contributed by atoms with Crippen molar-refractivity contribution in [2.24, 2.45) is 0 Å². The summed E-state index contributed by atoms with van der Waals surface area (Å²) in [6.45, 7) is 5.68. The van der Waals surface area contributed by atoms with Gasteiger partial charge in [0, 0.05) is 28.4 Å². The average Bonchev–Trinajstić information content (AvgIpc) is 3.63. The highest BCUT2D eigenvalue weighted by molar-refractivity contribution is 6.17. The molecule has 0 amide bonds. The number of anilines is 2. The Morgan fingerprint density at radius 1 is 0.660 bits per heavy atom. The first-order valence-corrected chi connectivity index (χ1v) is 17.6. The van der Waals surface area contributed by atoms with Gasteiger partial charge in [-0.25, -0.2) is 0 Å². The number of aromatic nitrogens is 1. The lowest BCUT2D eigenvalue weighted by molar-refractivity contribution is 0.707. The van der Waals surface area contributed by atoms with E-state index in [0.29, 0.717) is 0 Å². The lowest BCUT2D eigenvalue weighted by Crippen LogP contribution is -2.18. The van der Waals surface area contributed by atoms with E-state index in [-0.39, 0.29) is 11.5 Å². The van der Waals surface area contributed by atoms with Gasteiger partial charge in [-0.15, -0.1) is 0 Å². The Morgan fingerprint density at radius 2 is 1.40 bits per heavy atom. The Hall–Kier alpha value is -6.06. The molecule has 0 saturated carbocycles. The standard InChI is InChI=1S/C47H37N3/c1-47(2)42(31-15-7-4-8-16-31)41(30-13-5-3-6-14-30)38-26-25-37-36-20-9-10-21-40(36)50(46(37)43(38)47)35-19-11-17-34(29-35)39-27-24-33-23-22-32-18-12-28-48-44(32)45(33)49-39/h3-27,29,39,48-49H,28H2,1-2H3. The van der Waals surface area contributed by atoms with Crippen LogP contribution < -0.4 is 10.6 Å². The molecule has 7 aromatic rings. The predicted molar refractivity (Wildman–Crippen MR) is 212 cm³/mol. The van der Waals surface area contributed by atoms with E-state index in [1.807, 2.05) is 0 Å². The Labute approximate surface area is 292 Å². The van der Waals surface area contributed by atoms with Gasteiger partial charge in [-0.1, -0.05) is 153 Å². The van der Waals surface area contributed by atoms with Gasteiger partial charge in [-0.05, 0) is 68.3 Å². The summed E-state index contributed by atoms with van der Waals surface area (Å²) in [5.41, 5.74) is 17.4. The number of benzene rings is 6. The van der Waals surface area contributed by atoms with E-state index >= 15 is 0 Å². The van der Waals surface area contributed by atoms with Crippen molar-refractivity contribution in [3.05, 3.63) is 185 Å². The third-order valence-corrected chi connectivity index (χ3v) is 11.0. The van der Waals surface area contributed by atoms with Crippen molar-refractivity contribution < 1.29 is 0 Å². The molecule has 3 heteroatoms. The maximum atomic E-state index is 3.89. The minimum Gasteiger partial charge on any atom is -0.379 e. The largest absolute Gasteiger partial charge is 0.379 e. The number of fused-ring (bicyclic) bond motifs is 8. The zero-order valence-corrected chi connectivity index (χ0v) is 28.2. The van der Waals surface area contributed by atoms with Crippen LogP contribution in [0.25, 0.3) is 50.8 Å². The van der Waals surface area contributed by atoms with Crippen molar-refractivity contribution in [1.29, 1.82) is 0 Å². The van der Waals surface area contributed by atoms with Crippen LogP contribution in [0.2, 0.25) is 0 Å². The molecule has 0 spiro atoms. The molecule has 1 atom stereocenters. The van der Waals surface area contributed by atoms with Crippen molar-refractivity contribution in [2.45, 2.75) is 25.3 Å². The van der Waals surface area contributed by atoms with E-state index < -0.39 is 0 Å². The summed E-state index contributed by atoms with van der Waals surface area (Å²) in [6.07, 6.45) is 8.95. The Bertz CT molecular complexity index is 2580. The van der Waals surface area contributed by atoms with Gasteiger partial charge >= 0.3 is 0 Å². The highest BCUT2D eigenvalue weighted by Crippen LogP contribution is 2.56. The predicted octanol–water partition coefficient (Wildman–Crippen LogP) is 11.7. The number of allylic oxidation sites excluding steroid dienone is 1. The molecule has 0 radical (unpaired) electrons. The summed E-state index contributed by atoms with van der Waals surface area (Å²) in [5.74, 6) is 0. The minimum absolute atomic E-state index is 0.0490. The summed E-state index contributed by atoms with van der Waals surface area (Å²) in [5, 5.41) is 10.1.